The minimum absolute atomic E-state index is 0.0907. The highest BCUT2D eigenvalue weighted by Crippen LogP contribution is 2.01. The van der Waals surface area contributed by atoms with E-state index in [2.05, 4.69) is 20.0 Å². The summed E-state index contributed by atoms with van der Waals surface area (Å²) in [5.41, 5.74) is 0. The van der Waals surface area contributed by atoms with Gasteiger partial charge in [0.2, 0.25) is 16.0 Å². The lowest BCUT2D eigenvalue weighted by atomic mass is 10.4. The van der Waals surface area contributed by atoms with Crippen molar-refractivity contribution < 1.29 is 8.42 Å². The van der Waals surface area contributed by atoms with E-state index in [1.807, 2.05) is 13.8 Å². The van der Waals surface area contributed by atoms with Gasteiger partial charge in [0.05, 0.1) is 5.75 Å². The standard InChI is InChI=1S/C9H18N4O2S/c1-8(2)10-4-3-7-16(14,15)13-9-11-5-6-12-9/h5-6,8,10H,3-4,7H2,1-2H3,(H2,11,12,13). The van der Waals surface area contributed by atoms with Crippen LogP contribution in [-0.2, 0) is 10.0 Å². The third-order valence-electron chi connectivity index (χ3n) is 1.89. The average molecular weight is 246 g/mol. The zero-order valence-corrected chi connectivity index (χ0v) is 10.3. The summed E-state index contributed by atoms with van der Waals surface area (Å²) in [5, 5.41) is 3.16. The van der Waals surface area contributed by atoms with Crippen molar-refractivity contribution in [1.29, 1.82) is 0 Å². The van der Waals surface area contributed by atoms with Gasteiger partial charge in [-0.05, 0) is 13.0 Å². The van der Waals surface area contributed by atoms with Crippen LogP contribution in [0.25, 0.3) is 0 Å². The van der Waals surface area contributed by atoms with Gasteiger partial charge >= 0.3 is 0 Å². The Bertz CT molecular complexity index is 386. The summed E-state index contributed by atoms with van der Waals surface area (Å²) in [6, 6.07) is 0.376. The third-order valence-corrected chi connectivity index (χ3v) is 3.22. The molecule has 1 aromatic rings. The summed E-state index contributed by atoms with van der Waals surface area (Å²) in [5.74, 6) is 0.352. The molecule has 0 unspecified atom stereocenters. The summed E-state index contributed by atoms with van der Waals surface area (Å²) >= 11 is 0. The van der Waals surface area contributed by atoms with Crippen molar-refractivity contribution in [2.24, 2.45) is 0 Å². The Hall–Kier alpha value is -1.08. The average Bonchev–Trinajstić information content (AvgIpc) is 2.64. The molecular formula is C9H18N4O2S. The third kappa shape index (κ3) is 5.13. The Balaban J connectivity index is 2.30. The molecule has 1 rings (SSSR count). The zero-order valence-electron chi connectivity index (χ0n) is 9.53. The number of aromatic amines is 1. The molecule has 0 fully saturated rings. The maximum absolute atomic E-state index is 11.5. The molecule has 16 heavy (non-hydrogen) atoms. The number of nitrogens with one attached hydrogen (secondary N) is 3. The minimum Gasteiger partial charge on any atom is -0.330 e. The predicted molar refractivity (Wildman–Crippen MR) is 63.8 cm³/mol. The van der Waals surface area contributed by atoms with E-state index in [9.17, 15) is 8.42 Å². The largest absolute Gasteiger partial charge is 0.330 e. The SMILES string of the molecule is CC(C)NCCCS(=O)(=O)Nc1ncc[nH]1. The van der Waals surface area contributed by atoms with Gasteiger partial charge in [0, 0.05) is 18.4 Å². The van der Waals surface area contributed by atoms with Crippen molar-refractivity contribution in [1.82, 2.24) is 15.3 Å². The first-order chi connectivity index (χ1) is 7.49. The Morgan fingerprint density at radius 2 is 2.25 bits per heavy atom. The minimum atomic E-state index is -3.29. The Morgan fingerprint density at radius 3 is 2.81 bits per heavy atom. The van der Waals surface area contributed by atoms with E-state index in [-0.39, 0.29) is 11.7 Å². The molecule has 0 aliphatic heterocycles. The molecule has 6 nitrogen and oxygen atoms in total. The van der Waals surface area contributed by atoms with E-state index in [4.69, 9.17) is 0 Å². The van der Waals surface area contributed by atoms with Gasteiger partial charge < -0.3 is 10.3 Å². The van der Waals surface area contributed by atoms with Crippen LogP contribution in [0.1, 0.15) is 20.3 Å². The van der Waals surface area contributed by atoms with Gasteiger partial charge in [-0.15, -0.1) is 0 Å². The number of rotatable bonds is 7. The van der Waals surface area contributed by atoms with Gasteiger partial charge in [-0.3, -0.25) is 4.72 Å². The fourth-order valence-electron chi connectivity index (χ4n) is 1.17. The second-order valence-electron chi connectivity index (χ2n) is 3.82. The van der Waals surface area contributed by atoms with E-state index >= 15 is 0 Å². The smallest absolute Gasteiger partial charge is 0.235 e. The number of anilines is 1. The summed E-state index contributed by atoms with van der Waals surface area (Å²) < 4.78 is 25.5. The van der Waals surface area contributed by atoms with Crippen molar-refractivity contribution in [3.8, 4) is 0 Å². The van der Waals surface area contributed by atoms with Gasteiger partial charge in [-0.2, -0.15) is 0 Å². The van der Waals surface area contributed by atoms with Crippen molar-refractivity contribution in [2.45, 2.75) is 26.3 Å². The molecule has 0 radical (unpaired) electrons. The van der Waals surface area contributed by atoms with Crippen molar-refractivity contribution in [3.05, 3.63) is 12.4 Å². The van der Waals surface area contributed by atoms with E-state index in [0.29, 0.717) is 19.0 Å². The molecule has 92 valence electrons. The summed E-state index contributed by atoms with van der Waals surface area (Å²) in [6.07, 6.45) is 3.64. The number of sulfonamides is 1. The quantitative estimate of drug-likeness (QED) is 0.613. The molecule has 0 bridgehead atoms. The summed E-state index contributed by atoms with van der Waals surface area (Å²) in [4.78, 5) is 6.48. The molecule has 7 heteroatoms. The molecule has 0 aliphatic carbocycles. The Morgan fingerprint density at radius 1 is 1.50 bits per heavy atom. The lowest BCUT2D eigenvalue weighted by Crippen LogP contribution is -2.26. The van der Waals surface area contributed by atoms with Crippen LogP contribution >= 0.6 is 0 Å². The maximum atomic E-state index is 11.5. The van der Waals surface area contributed by atoms with Gasteiger partial charge in [0.1, 0.15) is 0 Å². The number of hydrogen-bond donors (Lipinski definition) is 3. The highest BCUT2D eigenvalue weighted by molar-refractivity contribution is 7.92. The molecule has 0 saturated heterocycles. The number of hydrogen-bond acceptors (Lipinski definition) is 4. The molecular weight excluding hydrogens is 228 g/mol. The molecule has 3 N–H and O–H groups in total. The van der Waals surface area contributed by atoms with Crippen LogP contribution in [0.5, 0.6) is 0 Å². The molecule has 0 spiro atoms. The first-order valence-corrected chi connectivity index (χ1v) is 6.88. The van der Waals surface area contributed by atoms with E-state index in [0.717, 1.165) is 0 Å². The topological polar surface area (TPSA) is 86.9 Å². The fraction of sp³-hybridized carbons (Fsp3) is 0.667. The zero-order chi connectivity index (χ0) is 12.0. The van der Waals surface area contributed by atoms with Crippen molar-refractivity contribution >= 4 is 16.0 Å². The van der Waals surface area contributed by atoms with Crippen LogP contribution in [0.3, 0.4) is 0 Å². The number of imidazole rings is 1. The molecule has 1 aromatic heterocycles. The van der Waals surface area contributed by atoms with E-state index in [1.54, 1.807) is 6.20 Å². The van der Waals surface area contributed by atoms with Gasteiger partial charge in [-0.25, -0.2) is 13.4 Å². The number of aromatic nitrogens is 2. The molecule has 0 saturated carbocycles. The van der Waals surface area contributed by atoms with Gasteiger partial charge in [0.15, 0.2) is 0 Å². The van der Waals surface area contributed by atoms with Crippen molar-refractivity contribution in [3.63, 3.8) is 0 Å². The van der Waals surface area contributed by atoms with Gasteiger partial charge in [0.25, 0.3) is 0 Å². The molecule has 0 aromatic carbocycles. The molecule has 0 amide bonds. The summed E-state index contributed by atoms with van der Waals surface area (Å²) in [6.45, 7) is 4.74. The van der Waals surface area contributed by atoms with Crippen LogP contribution < -0.4 is 10.0 Å². The Kier molecular flexibility index (Phi) is 4.75. The predicted octanol–water partition coefficient (Wildman–Crippen LogP) is 0.539. The molecule has 1 heterocycles. The second-order valence-corrected chi connectivity index (χ2v) is 5.66. The highest BCUT2D eigenvalue weighted by Gasteiger charge is 2.10. The molecule has 0 aliphatic rings. The normalized spacial score (nSPS) is 11.9. The Labute approximate surface area is 95.9 Å². The van der Waals surface area contributed by atoms with Crippen molar-refractivity contribution in [2.75, 3.05) is 17.0 Å². The van der Waals surface area contributed by atoms with Crippen LogP contribution in [-0.4, -0.2) is 36.7 Å². The van der Waals surface area contributed by atoms with Crippen LogP contribution in [0.2, 0.25) is 0 Å². The highest BCUT2D eigenvalue weighted by atomic mass is 32.2. The lowest BCUT2D eigenvalue weighted by molar-refractivity contribution is 0.570. The van der Waals surface area contributed by atoms with E-state index < -0.39 is 10.0 Å². The maximum Gasteiger partial charge on any atom is 0.235 e. The lowest BCUT2D eigenvalue weighted by Gasteiger charge is -2.08. The first kappa shape index (κ1) is 13.0. The number of H-pyrrole nitrogens is 1. The van der Waals surface area contributed by atoms with Crippen LogP contribution in [0, 0.1) is 0 Å². The summed E-state index contributed by atoms with van der Waals surface area (Å²) in [7, 11) is -3.29. The molecule has 0 atom stereocenters. The second kappa shape index (κ2) is 5.86. The van der Waals surface area contributed by atoms with Crippen LogP contribution in [0.4, 0.5) is 5.95 Å². The fourth-order valence-corrected chi connectivity index (χ4v) is 2.20. The van der Waals surface area contributed by atoms with Crippen LogP contribution in [0.15, 0.2) is 12.4 Å². The monoisotopic (exact) mass is 246 g/mol. The first-order valence-electron chi connectivity index (χ1n) is 5.23. The number of nitrogens with zero attached hydrogens (tertiary/aromatic N) is 1. The van der Waals surface area contributed by atoms with Gasteiger partial charge in [-0.1, -0.05) is 13.8 Å². The van der Waals surface area contributed by atoms with E-state index in [1.165, 1.54) is 6.20 Å².